The van der Waals surface area contributed by atoms with Crippen LogP contribution in [0.4, 0.5) is 24.7 Å². The number of hydrogen-bond donors (Lipinski definition) is 2. The smallest absolute Gasteiger partial charge is 0.416 e. The van der Waals surface area contributed by atoms with Crippen LogP contribution < -0.4 is 10.9 Å². The van der Waals surface area contributed by atoms with E-state index >= 15 is 0 Å². The van der Waals surface area contributed by atoms with E-state index in [0.29, 0.717) is 6.07 Å². The topological polar surface area (TPSA) is 110 Å². The standard InChI is InChI=1S/C18H15F3N4O4/c1-9(10-5-11(18(19,20)21)7-12(6-10)25(28)29)22-16-15-8-13(26)3-4-14(15)17(27)24(2)23-16/h3-9,26H,1-2H3,(H,22,23). The number of nitro benzene ring substituents is 1. The maximum Gasteiger partial charge on any atom is 0.416 e. The van der Waals surface area contributed by atoms with Crippen molar-refractivity contribution >= 4 is 22.3 Å². The highest BCUT2D eigenvalue weighted by atomic mass is 19.4. The SMILES string of the molecule is CC(Nc1nn(C)c(=O)c2ccc(O)cc12)c1cc([N+](=O)[O-])cc(C(F)(F)F)c1. The lowest BCUT2D eigenvalue weighted by Crippen LogP contribution is -2.22. The molecule has 152 valence electrons. The van der Waals surface area contributed by atoms with Gasteiger partial charge in [-0.1, -0.05) is 0 Å². The Kier molecular flexibility index (Phi) is 4.91. The molecule has 0 aliphatic rings. The maximum atomic E-state index is 13.1. The predicted octanol–water partition coefficient (Wildman–Crippen LogP) is 3.74. The number of hydrogen-bond acceptors (Lipinski definition) is 6. The number of aromatic nitrogens is 2. The van der Waals surface area contributed by atoms with E-state index in [0.717, 1.165) is 16.8 Å². The van der Waals surface area contributed by atoms with Gasteiger partial charge in [0.25, 0.3) is 11.2 Å². The number of aryl methyl sites for hydroxylation is 1. The monoisotopic (exact) mass is 408 g/mol. The number of benzene rings is 2. The van der Waals surface area contributed by atoms with Crippen LogP contribution in [0.2, 0.25) is 0 Å². The first-order valence-electron chi connectivity index (χ1n) is 8.30. The van der Waals surface area contributed by atoms with Crippen LogP contribution in [0.25, 0.3) is 10.8 Å². The summed E-state index contributed by atoms with van der Waals surface area (Å²) < 4.78 is 40.4. The van der Waals surface area contributed by atoms with Gasteiger partial charge in [-0.15, -0.1) is 0 Å². The summed E-state index contributed by atoms with van der Waals surface area (Å²) in [4.78, 5) is 22.4. The van der Waals surface area contributed by atoms with Gasteiger partial charge in [0.05, 0.1) is 21.9 Å². The number of alkyl halides is 3. The fourth-order valence-electron chi connectivity index (χ4n) is 2.89. The van der Waals surface area contributed by atoms with Crippen molar-refractivity contribution in [2.75, 3.05) is 5.32 Å². The van der Waals surface area contributed by atoms with Crippen molar-refractivity contribution in [3.63, 3.8) is 0 Å². The van der Waals surface area contributed by atoms with Crippen LogP contribution in [0.3, 0.4) is 0 Å². The van der Waals surface area contributed by atoms with Gasteiger partial charge in [0.15, 0.2) is 5.82 Å². The fourth-order valence-corrected chi connectivity index (χ4v) is 2.89. The zero-order chi connectivity index (χ0) is 21.5. The molecule has 0 radical (unpaired) electrons. The van der Waals surface area contributed by atoms with E-state index in [-0.39, 0.29) is 27.9 Å². The molecule has 0 aliphatic carbocycles. The number of halogens is 3. The molecule has 0 fully saturated rings. The number of nitrogens with one attached hydrogen (secondary N) is 1. The number of nitro groups is 1. The van der Waals surface area contributed by atoms with Gasteiger partial charge in [-0.05, 0) is 36.8 Å². The van der Waals surface area contributed by atoms with Crippen molar-refractivity contribution in [2.24, 2.45) is 7.05 Å². The van der Waals surface area contributed by atoms with Crippen LogP contribution in [-0.4, -0.2) is 19.8 Å². The summed E-state index contributed by atoms with van der Waals surface area (Å²) in [5, 5.41) is 28.2. The molecule has 8 nitrogen and oxygen atoms in total. The van der Waals surface area contributed by atoms with Crippen molar-refractivity contribution < 1.29 is 23.2 Å². The van der Waals surface area contributed by atoms with Crippen LogP contribution in [-0.2, 0) is 13.2 Å². The van der Waals surface area contributed by atoms with E-state index in [1.807, 2.05) is 0 Å². The van der Waals surface area contributed by atoms with Gasteiger partial charge < -0.3 is 10.4 Å². The molecular formula is C18H15F3N4O4. The average Bonchev–Trinajstić information content (AvgIpc) is 2.64. The van der Waals surface area contributed by atoms with Gasteiger partial charge in [-0.3, -0.25) is 14.9 Å². The number of fused-ring (bicyclic) bond motifs is 1. The molecule has 1 atom stereocenters. The highest BCUT2D eigenvalue weighted by Crippen LogP contribution is 2.35. The lowest BCUT2D eigenvalue weighted by molar-refractivity contribution is -0.385. The molecule has 1 aromatic heterocycles. The van der Waals surface area contributed by atoms with E-state index in [2.05, 4.69) is 10.4 Å². The minimum absolute atomic E-state index is 0.00970. The Labute approximate surface area is 161 Å². The number of rotatable bonds is 4. The number of aromatic hydroxyl groups is 1. The number of nitrogens with zero attached hydrogens (tertiary/aromatic N) is 3. The van der Waals surface area contributed by atoms with Gasteiger partial charge in [-0.2, -0.15) is 18.3 Å². The van der Waals surface area contributed by atoms with Crippen molar-refractivity contribution in [3.05, 3.63) is 68.0 Å². The van der Waals surface area contributed by atoms with E-state index in [9.17, 15) is 33.2 Å². The Balaban J connectivity index is 2.09. The van der Waals surface area contributed by atoms with Crippen molar-refractivity contribution in [3.8, 4) is 5.75 Å². The Hall–Kier alpha value is -3.63. The van der Waals surface area contributed by atoms with Gasteiger partial charge in [-0.25, -0.2) is 4.68 Å². The summed E-state index contributed by atoms with van der Waals surface area (Å²) in [7, 11) is 1.40. The zero-order valence-electron chi connectivity index (χ0n) is 15.2. The van der Waals surface area contributed by atoms with Crippen LogP contribution in [0, 0.1) is 10.1 Å². The zero-order valence-corrected chi connectivity index (χ0v) is 15.2. The van der Waals surface area contributed by atoms with Crippen LogP contribution in [0.1, 0.15) is 24.1 Å². The fraction of sp³-hybridized carbons (Fsp3) is 0.222. The van der Waals surface area contributed by atoms with Crippen molar-refractivity contribution in [1.82, 2.24) is 9.78 Å². The maximum absolute atomic E-state index is 13.1. The lowest BCUT2D eigenvalue weighted by Gasteiger charge is -2.18. The molecule has 11 heteroatoms. The summed E-state index contributed by atoms with van der Waals surface area (Å²) in [6.45, 7) is 1.50. The Bertz CT molecular complexity index is 1170. The van der Waals surface area contributed by atoms with Gasteiger partial charge >= 0.3 is 6.18 Å². The molecule has 1 unspecified atom stereocenters. The molecule has 0 spiro atoms. The van der Waals surface area contributed by atoms with Crippen LogP contribution >= 0.6 is 0 Å². The summed E-state index contributed by atoms with van der Waals surface area (Å²) in [5.74, 6) is 0.00327. The minimum Gasteiger partial charge on any atom is -0.508 e. The van der Waals surface area contributed by atoms with E-state index in [1.54, 1.807) is 0 Å². The predicted molar refractivity (Wildman–Crippen MR) is 98.8 cm³/mol. The number of non-ortho nitro benzene ring substituents is 1. The largest absolute Gasteiger partial charge is 0.508 e. The Morgan fingerprint density at radius 2 is 1.90 bits per heavy atom. The van der Waals surface area contributed by atoms with E-state index in [1.165, 1.54) is 32.2 Å². The molecule has 2 N–H and O–H groups in total. The van der Waals surface area contributed by atoms with Crippen LogP contribution in [0.15, 0.2) is 41.2 Å². The molecule has 3 rings (SSSR count). The number of phenolic OH excluding ortho intramolecular Hbond substituents is 1. The minimum atomic E-state index is -4.76. The third-order valence-corrected chi connectivity index (χ3v) is 4.36. The molecule has 0 saturated carbocycles. The molecule has 1 heterocycles. The molecule has 0 bridgehead atoms. The highest BCUT2D eigenvalue weighted by Gasteiger charge is 2.33. The molecule has 2 aromatic carbocycles. The normalized spacial score (nSPS) is 12.7. The van der Waals surface area contributed by atoms with E-state index in [4.69, 9.17) is 0 Å². The summed E-state index contributed by atoms with van der Waals surface area (Å²) in [6.07, 6.45) is -4.76. The molecule has 0 saturated heterocycles. The Morgan fingerprint density at radius 1 is 1.21 bits per heavy atom. The number of phenols is 1. The molecule has 3 aromatic rings. The second kappa shape index (κ2) is 7.08. The summed E-state index contributed by atoms with van der Waals surface area (Å²) in [5.41, 5.74) is -2.26. The Morgan fingerprint density at radius 3 is 2.52 bits per heavy atom. The summed E-state index contributed by atoms with van der Waals surface area (Å²) >= 11 is 0. The first-order chi connectivity index (χ1) is 13.5. The average molecular weight is 408 g/mol. The lowest BCUT2D eigenvalue weighted by atomic mass is 10.0. The second-order valence-corrected chi connectivity index (χ2v) is 6.44. The van der Waals surface area contributed by atoms with Gasteiger partial charge in [0, 0.05) is 24.6 Å². The van der Waals surface area contributed by atoms with Crippen molar-refractivity contribution in [1.29, 1.82) is 0 Å². The third kappa shape index (κ3) is 3.98. The molecule has 0 aliphatic heterocycles. The van der Waals surface area contributed by atoms with Gasteiger partial charge in [0.1, 0.15) is 5.75 Å². The highest BCUT2D eigenvalue weighted by molar-refractivity contribution is 5.92. The second-order valence-electron chi connectivity index (χ2n) is 6.44. The first kappa shape index (κ1) is 20.1. The third-order valence-electron chi connectivity index (χ3n) is 4.36. The van der Waals surface area contributed by atoms with Crippen molar-refractivity contribution in [2.45, 2.75) is 19.1 Å². The molecule has 0 amide bonds. The summed E-state index contributed by atoms with van der Waals surface area (Å²) in [6, 6.07) is 5.52. The van der Waals surface area contributed by atoms with Crippen LogP contribution in [0.5, 0.6) is 5.75 Å². The van der Waals surface area contributed by atoms with Gasteiger partial charge in [0.2, 0.25) is 0 Å². The van der Waals surface area contributed by atoms with E-state index < -0.39 is 34.0 Å². The first-order valence-corrected chi connectivity index (χ1v) is 8.30. The number of anilines is 1. The molecular weight excluding hydrogens is 393 g/mol. The molecule has 29 heavy (non-hydrogen) atoms. The quantitative estimate of drug-likeness (QED) is 0.503.